The van der Waals surface area contributed by atoms with Crippen molar-refractivity contribution in [1.82, 2.24) is 5.32 Å². The Balaban J connectivity index is 1.54. The first-order valence-corrected chi connectivity index (χ1v) is 9.26. The molecular formula is C19H15F2N3O4S. The maximum atomic E-state index is 13.6. The number of carbonyl (C=O) groups excluding carboxylic acids is 1. The van der Waals surface area contributed by atoms with Gasteiger partial charge in [0.25, 0.3) is 0 Å². The molecule has 0 radical (unpaired) electrons. The number of carboxylic acids is 1. The Morgan fingerprint density at radius 3 is 2.72 bits per heavy atom. The highest BCUT2D eigenvalue weighted by Crippen LogP contribution is 2.22. The van der Waals surface area contributed by atoms with E-state index < -0.39 is 28.8 Å². The van der Waals surface area contributed by atoms with E-state index in [1.807, 2.05) is 0 Å². The summed E-state index contributed by atoms with van der Waals surface area (Å²) in [5.74, 6) is -3.64. The van der Waals surface area contributed by atoms with Crippen molar-refractivity contribution in [3.8, 4) is 5.75 Å². The van der Waals surface area contributed by atoms with Crippen LogP contribution in [0.5, 0.6) is 5.75 Å². The number of hydrogen-bond donors (Lipinski definition) is 2. The number of nitrogens with one attached hydrogen (secondary N) is 1. The Morgan fingerprint density at radius 2 is 2.00 bits per heavy atom. The van der Waals surface area contributed by atoms with E-state index in [1.54, 1.807) is 24.3 Å². The number of benzene rings is 2. The Morgan fingerprint density at radius 1 is 1.24 bits per heavy atom. The van der Waals surface area contributed by atoms with E-state index in [0.29, 0.717) is 5.56 Å². The van der Waals surface area contributed by atoms with Crippen LogP contribution in [0.1, 0.15) is 17.5 Å². The van der Waals surface area contributed by atoms with E-state index in [9.17, 15) is 18.4 Å². The lowest BCUT2D eigenvalue weighted by molar-refractivity contribution is -0.138. The van der Waals surface area contributed by atoms with Gasteiger partial charge in [-0.05, 0) is 23.3 Å². The van der Waals surface area contributed by atoms with Crippen LogP contribution in [-0.2, 0) is 16.2 Å². The zero-order valence-electron chi connectivity index (χ0n) is 14.8. The van der Waals surface area contributed by atoms with Crippen molar-refractivity contribution >= 4 is 35.0 Å². The van der Waals surface area contributed by atoms with Crippen molar-refractivity contribution in [2.75, 3.05) is 0 Å². The fourth-order valence-corrected chi connectivity index (χ4v) is 3.26. The summed E-state index contributed by atoms with van der Waals surface area (Å²) in [6, 6.07) is 10.7. The molecule has 1 heterocycles. The molecule has 2 N–H and O–H groups in total. The van der Waals surface area contributed by atoms with Crippen LogP contribution >= 0.6 is 11.8 Å². The maximum Gasteiger partial charge on any atom is 0.305 e. The van der Waals surface area contributed by atoms with Crippen LogP contribution in [0.15, 0.2) is 52.7 Å². The first kappa shape index (κ1) is 20.5. The number of halogens is 2. The molecule has 7 nitrogen and oxygen atoms in total. The normalized spacial score (nSPS) is 17.7. The van der Waals surface area contributed by atoms with Gasteiger partial charge >= 0.3 is 5.97 Å². The summed E-state index contributed by atoms with van der Waals surface area (Å²) in [5.41, 5.74) is 1.46. The molecule has 1 amide bonds. The van der Waals surface area contributed by atoms with E-state index in [4.69, 9.17) is 9.84 Å². The summed E-state index contributed by atoms with van der Waals surface area (Å²) in [7, 11) is 0. The molecule has 0 aromatic heterocycles. The minimum absolute atomic E-state index is 0.0632. The van der Waals surface area contributed by atoms with Crippen molar-refractivity contribution < 1.29 is 28.2 Å². The summed E-state index contributed by atoms with van der Waals surface area (Å²) >= 11 is 1.01. The molecule has 1 aliphatic heterocycles. The van der Waals surface area contributed by atoms with Crippen molar-refractivity contribution in [2.24, 2.45) is 10.2 Å². The molecule has 1 unspecified atom stereocenters. The molecule has 10 heteroatoms. The van der Waals surface area contributed by atoms with Crippen molar-refractivity contribution in [2.45, 2.75) is 18.3 Å². The van der Waals surface area contributed by atoms with Gasteiger partial charge in [-0.25, -0.2) is 4.39 Å². The monoisotopic (exact) mass is 419 g/mol. The molecule has 3 rings (SSSR count). The number of hydrogen-bond acceptors (Lipinski definition) is 6. The van der Waals surface area contributed by atoms with Crippen LogP contribution in [0.25, 0.3) is 0 Å². The molecular weight excluding hydrogens is 404 g/mol. The zero-order valence-corrected chi connectivity index (χ0v) is 15.7. The highest BCUT2D eigenvalue weighted by molar-refractivity contribution is 8.15. The van der Waals surface area contributed by atoms with Crippen LogP contribution < -0.4 is 10.1 Å². The average Bonchev–Trinajstić information content (AvgIpc) is 3.02. The molecule has 1 saturated heterocycles. The molecule has 0 bridgehead atoms. The standard InChI is InChI=1S/C19H15F2N3O4S/c20-13-2-1-3-14(17(13)21)28-10-12-6-4-11(5-7-12)9-22-24-19-23-18(27)15(29-19)8-16(25)26/h1-7,9,15H,8,10H2,(H,25,26)(H,23,24,27). The van der Waals surface area contributed by atoms with Gasteiger partial charge < -0.3 is 15.2 Å². The zero-order chi connectivity index (χ0) is 20.8. The number of aliphatic carboxylic acids is 1. The van der Waals surface area contributed by atoms with E-state index in [1.165, 1.54) is 18.3 Å². The first-order valence-electron chi connectivity index (χ1n) is 8.38. The summed E-state index contributed by atoms with van der Waals surface area (Å²) in [6.07, 6.45) is 1.17. The summed E-state index contributed by atoms with van der Waals surface area (Å²) < 4.78 is 32.0. The summed E-state index contributed by atoms with van der Waals surface area (Å²) in [5, 5.41) is 18.5. The molecule has 0 spiro atoms. The van der Waals surface area contributed by atoms with E-state index >= 15 is 0 Å². The number of rotatable bonds is 7. The second kappa shape index (κ2) is 9.28. The average molecular weight is 419 g/mol. The van der Waals surface area contributed by atoms with E-state index in [2.05, 4.69) is 15.5 Å². The highest BCUT2D eigenvalue weighted by Gasteiger charge is 2.32. The molecule has 150 valence electrons. The molecule has 29 heavy (non-hydrogen) atoms. The largest absolute Gasteiger partial charge is 0.486 e. The van der Waals surface area contributed by atoms with Crippen LogP contribution in [0.2, 0.25) is 0 Å². The van der Waals surface area contributed by atoms with Gasteiger partial charge in [0.05, 0.1) is 12.6 Å². The molecule has 2 aromatic rings. The third-order valence-corrected chi connectivity index (χ3v) is 4.85. The smallest absolute Gasteiger partial charge is 0.305 e. The first-order chi connectivity index (χ1) is 13.9. The number of carbonyl (C=O) groups is 2. The Hall–Kier alpha value is -3.27. The van der Waals surface area contributed by atoms with Gasteiger partial charge in [0.1, 0.15) is 11.9 Å². The number of amidine groups is 1. The topological polar surface area (TPSA) is 100 Å². The molecule has 2 aromatic carbocycles. The van der Waals surface area contributed by atoms with Crippen LogP contribution in [0, 0.1) is 11.6 Å². The quantitative estimate of drug-likeness (QED) is 0.531. The van der Waals surface area contributed by atoms with Gasteiger partial charge in [0, 0.05) is 0 Å². The lowest BCUT2D eigenvalue weighted by Crippen LogP contribution is -2.26. The van der Waals surface area contributed by atoms with Gasteiger partial charge in [-0.1, -0.05) is 42.1 Å². The summed E-state index contributed by atoms with van der Waals surface area (Å²) in [6.45, 7) is 0.0632. The lowest BCUT2D eigenvalue weighted by Gasteiger charge is -2.07. The minimum atomic E-state index is -1.06. The minimum Gasteiger partial charge on any atom is -0.486 e. The SMILES string of the molecule is O=C(O)CC1SC(=NN=Cc2ccc(COc3cccc(F)c3F)cc2)NC1=O. The van der Waals surface area contributed by atoms with Gasteiger partial charge in [-0.3, -0.25) is 9.59 Å². The molecule has 1 aliphatic rings. The lowest BCUT2D eigenvalue weighted by atomic mass is 10.1. The van der Waals surface area contributed by atoms with Gasteiger partial charge in [-0.15, -0.1) is 5.10 Å². The van der Waals surface area contributed by atoms with Gasteiger partial charge in [0.15, 0.2) is 16.7 Å². The Labute approximate surface area is 168 Å². The third-order valence-electron chi connectivity index (χ3n) is 3.78. The molecule has 0 saturated carbocycles. The molecule has 1 atom stereocenters. The molecule has 1 fully saturated rings. The van der Waals surface area contributed by atoms with Crippen molar-refractivity contribution in [3.63, 3.8) is 0 Å². The number of amides is 1. The predicted octanol–water partition coefficient (Wildman–Crippen LogP) is 2.94. The van der Waals surface area contributed by atoms with E-state index in [0.717, 1.165) is 23.4 Å². The van der Waals surface area contributed by atoms with Crippen LogP contribution in [-0.4, -0.2) is 33.6 Å². The van der Waals surface area contributed by atoms with Crippen LogP contribution in [0.4, 0.5) is 8.78 Å². The van der Waals surface area contributed by atoms with Crippen LogP contribution in [0.3, 0.4) is 0 Å². The van der Waals surface area contributed by atoms with E-state index in [-0.39, 0.29) is 23.9 Å². The molecule has 0 aliphatic carbocycles. The van der Waals surface area contributed by atoms with Gasteiger partial charge in [0.2, 0.25) is 11.7 Å². The number of ether oxygens (including phenoxy) is 1. The predicted molar refractivity (Wildman–Crippen MR) is 104 cm³/mol. The number of nitrogens with zero attached hydrogens (tertiary/aromatic N) is 2. The Kier molecular flexibility index (Phi) is 6.55. The van der Waals surface area contributed by atoms with Gasteiger partial charge in [-0.2, -0.15) is 9.49 Å². The highest BCUT2D eigenvalue weighted by atomic mass is 32.2. The van der Waals surface area contributed by atoms with Crippen molar-refractivity contribution in [1.29, 1.82) is 0 Å². The maximum absolute atomic E-state index is 13.6. The second-order valence-electron chi connectivity index (χ2n) is 5.93. The fourth-order valence-electron chi connectivity index (χ4n) is 2.35. The third kappa shape index (κ3) is 5.61. The number of carboxylic acid groups (broad SMARTS) is 1. The fraction of sp³-hybridized carbons (Fsp3) is 0.158. The van der Waals surface area contributed by atoms with Crippen molar-refractivity contribution in [3.05, 3.63) is 65.2 Å². The Bertz CT molecular complexity index is 980. The summed E-state index contributed by atoms with van der Waals surface area (Å²) in [4.78, 5) is 22.3. The second-order valence-corrected chi connectivity index (χ2v) is 7.12. The number of thioether (sulfide) groups is 1.